The van der Waals surface area contributed by atoms with Crippen molar-refractivity contribution in [1.29, 1.82) is 0 Å². The number of rotatable bonds is 6. The smallest absolute Gasteiger partial charge is 0.240 e. The zero-order valence-corrected chi connectivity index (χ0v) is 11.5. The number of sulfonamides is 1. The van der Waals surface area contributed by atoms with Gasteiger partial charge in [-0.25, -0.2) is 13.1 Å². The highest BCUT2D eigenvalue weighted by Gasteiger charge is 2.24. The molecule has 5 heteroatoms. The van der Waals surface area contributed by atoms with Crippen molar-refractivity contribution < 1.29 is 8.42 Å². The van der Waals surface area contributed by atoms with Gasteiger partial charge in [-0.1, -0.05) is 13.3 Å². The molecule has 0 heterocycles. The molecular weight excluding hydrogens is 248 g/mol. The molecule has 2 N–H and O–H groups in total. The first-order valence-corrected chi connectivity index (χ1v) is 7.96. The van der Waals surface area contributed by atoms with Crippen LogP contribution in [-0.2, 0) is 10.0 Å². The summed E-state index contributed by atoms with van der Waals surface area (Å²) in [5, 5.41) is 3.22. The normalized spacial score (nSPS) is 16.3. The van der Waals surface area contributed by atoms with Gasteiger partial charge in [0.15, 0.2) is 0 Å². The van der Waals surface area contributed by atoms with Gasteiger partial charge in [-0.3, -0.25) is 0 Å². The molecule has 0 amide bonds. The Morgan fingerprint density at radius 1 is 1.22 bits per heavy atom. The van der Waals surface area contributed by atoms with E-state index in [1.165, 1.54) is 0 Å². The molecule has 4 nitrogen and oxygen atoms in total. The van der Waals surface area contributed by atoms with E-state index in [1.54, 1.807) is 12.1 Å². The molecule has 1 fully saturated rings. The summed E-state index contributed by atoms with van der Waals surface area (Å²) in [5.41, 5.74) is 0.958. The average molecular weight is 268 g/mol. The van der Waals surface area contributed by atoms with Crippen molar-refractivity contribution in [1.82, 2.24) is 4.72 Å². The van der Waals surface area contributed by atoms with Gasteiger partial charge in [0, 0.05) is 18.3 Å². The van der Waals surface area contributed by atoms with Crippen LogP contribution in [0.2, 0.25) is 0 Å². The second-order valence-corrected chi connectivity index (χ2v) is 6.41. The second kappa shape index (κ2) is 5.71. The molecule has 0 atom stereocenters. The molecule has 1 saturated carbocycles. The maximum Gasteiger partial charge on any atom is 0.240 e. The standard InChI is InChI=1S/C13H20N2O2S/c1-2-10-14-11-6-8-13(9-7-11)18(16,17)15-12-4-3-5-12/h6-9,12,14-15H,2-5,10H2,1H3. The third-order valence-electron chi connectivity index (χ3n) is 3.17. The summed E-state index contributed by atoms with van der Waals surface area (Å²) in [6.45, 7) is 2.99. The number of nitrogens with one attached hydrogen (secondary N) is 2. The lowest BCUT2D eigenvalue weighted by Gasteiger charge is -2.26. The molecule has 0 aliphatic heterocycles. The summed E-state index contributed by atoms with van der Waals surface area (Å²) in [7, 11) is -3.34. The molecule has 1 aliphatic rings. The zero-order chi connectivity index (χ0) is 13.0. The van der Waals surface area contributed by atoms with Gasteiger partial charge in [-0.2, -0.15) is 0 Å². The summed E-state index contributed by atoms with van der Waals surface area (Å²) in [6.07, 6.45) is 4.07. The lowest BCUT2D eigenvalue weighted by molar-refractivity contribution is 0.383. The summed E-state index contributed by atoms with van der Waals surface area (Å²) >= 11 is 0. The van der Waals surface area contributed by atoms with Crippen molar-refractivity contribution in [3.05, 3.63) is 24.3 Å². The number of hydrogen-bond acceptors (Lipinski definition) is 3. The summed E-state index contributed by atoms with van der Waals surface area (Å²) < 4.78 is 26.8. The topological polar surface area (TPSA) is 58.2 Å². The summed E-state index contributed by atoms with van der Waals surface area (Å²) in [6, 6.07) is 7.06. The molecule has 1 aromatic rings. The van der Waals surface area contributed by atoms with Crippen LogP contribution in [0.4, 0.5) is 5.69 Å². The van der Waals surface area contributed by atoms with E-state index in [9.17, 15) is 8.42 Å². The molecular formula is C13H20N2O2S. The lowest BCUT2D eigenvalue weighted by atomic mass is 9.94. The SMILES string of the molecule is CCCNc1ccc(S(=O)(=O)NC2CCC2)cc1. The fraction of sp³-hybridized carbons (Fsp3) is 0.538. The first kappa shape index (κ1) is 13.4. The van der Waals surface area contributed by atoms with Gasteiger partial charge in [-0.05, 0) is 43.5 Å². The lowest BCUT2D eigenvalue weighted by Crippen LogP contribution is -2.39. The van der Waals surface area contributed by atoms with Gasteiger partial charge in [0.25, 0.3) is 0 Å². The van der Waals surface area contributed by atoms with Crippen LogP contribution >= 0.6 is 0 Å². The molecule has 18 heavy (non-hydrogen) atoms. The molecule has 0 unspecified atom stereocenters. The first-order chi connectivity index (χ1) is 8.62. The molecule has 0 saturated heterocycles. The minimum atomic E-state index is -3.34. The molecule has 2 rings (SSSR count). The van der Waals surface area contributed by atoms with Crippen molar-refractivity contribution in [2.24, 2.45) is 0 Å². The minimum Gasteiger partial charge on any atom is -0.385 e. The van der Waals surface area contributed by atoms with Crippen LogP contribution < -0.4 is 10.0 Å². The maximum absolute atomic E-state index is 12.0. The van der Waals surface area contributed by atoms with Gasteiger partial charge in [0.05, 0.1) is 4.90 Å². The summed E-state index contributed by atoms with van der Waals surface area (Å²) in [4.78, 5) is 0.344. The van der Waals surface area contributed by atoms with E-state index in [-0.39, 0.29) is 6.04 Å². The maximum atomic E-state index is 12.0. The van der Waals surface area contributed by atoms with Crippen molar-refractivity contribution >= 4 is 15.7 Å². The Morgan fingerprint density at radius 3 is 2.39 bits per heavy atom. The van der Waals surface area contributed by atoms with Crippen LogP contribution in [-0.4, -0.2) is 21.0 Å². The third kappa shape index (κ3) is 3.23. The van der Waals surface area contributed by atoms with E-state index >= 15 is 0 Å². The Kier molecular flexibility index (Phi) is 4.24. The fourth-order valence-electron chi connectivity index (χ4n) is 1.83. The van der Waals surface area contributed by atoms with E-state index in [0.29, 0.717) is 4.90 Å². The quantitative estimate of drug-likeness (QED) is 0.832. The molecule has 100 valence electrons. The van der Waals surface area contributed by atoms with Gasteiger partial charge in [0.2, 0.25) is 10.0 Å². The van der Waals surface area contributed by atoms with Crippen LogP contribution in [0.15, 0.2) is 29.2 Å². The van der Waals surface area contributed by atoms with Gasteiger partial charge < -0.3 is 5.32 Å². The molecule has 1 aromatic carbocycles. The monoisotopic (exact) mass is 268 g/mol. The summed E-state index contributed by atoms with van der Waals surface area (Å²) in [5.74, 6) is 0. The molecule has 0 spiro atoms. The molecule has 0 radical (unpaired) electrons. The number of benzene rings is 1. The Morgan fingerprint density at radius 2 is 1.89 bits per heavy atom. The Bertz CT molecular complexity index is 478. The van der Waals surface area contributed by atoms with E-state index in [2.05, 4.69) is 17.0 Å². The largest absolute Gasteiger partial charge is 0.385 e. The highest BCUT2D eigenvalue weighted by Crippen LogP contribution is 2.21. The second-order valence-electron chi connectivity index (χ2n) is 4.70. The van der Waals surface area contributed by atoms with Crippen molar-refractivity contribution in [3.63, 3.8) is 0 Å². The average Bonchev–Trinajstić information content (AvgIpc) is 2.32. The molecule has 1 aliphatic carbocycles. The highest BCUT2D eigenvalue weighted by atomic mass is 32.2. The van der Waals surface area contributed by atoms with E-state index in [0.717, 1.165) is 37.9 Å². The van der Waals surface area contributed by atoms with Crippen molar-refractivity contribution in [3.8, 4) is 0 Å². The van der Waals surface area contributed by atoms with Crippen LogP contribution in [0, 0.1) is 0 Å². The van der Waals surface area contributed by atoms with Crippen LogP contribution in [0.1, 0.15) is 32.6 Å². The predicted octanol–water partition coefficient (Wildman–Crippen LogP) is 2.34. The Hall–Kier alpha value is -1.07. The van der Waals surface area contributed by atoms with Gasteiger partial charge >= 0.3 is 0 Å². The number of anilines is 1. The van der Waals surface area contributed by atoms with Gasteiger partial charge in [-0.15, -0.1) is 0 Å². The molecule has 0 aromatic heterocycles. The number of hydrogen-bond donors (Lipinski definition) is 2. The van der Waals surface area contributed by atoms with Crippen LogP contribution in [0.3, 0.4) is 0 Å². The van der Waals surface area contributed by atoms with Crippen LogP contribution in [0.5, 0.6) is 0 Å². The van der Waals surface area contributed by atoms with Gasteiger partial charge in [0.1, 0.15) is 0 Å². The third-order valence-corrected chi connectivity index (χ3v) is 4.71. The highest BCUT2D eigenvalue weighted by molar-refractivity contribution is 7.89. The van der Waals surface area contributed by atoms with Crippen molar-refractivity contribution in [2.45, 2.75) is 43.5 Å². The van der Waals surface area contributed by atoms with Crippen molar-refractivity contribution in [2.75, 3.05) is 11.9 Å². The minimum absolute atomic E-state index is 0.132. The van der Waals surface area contributed by atoms with E-state index in [1.807, 2.05) is 12.1 Å². The first-order valence-electron chi connectivity index (χ1n) is 6.48. The Balaban J connectivity index is 2.03. The Labute approximate surface area is 109 Å². The van der Waals surface area contributed by atoms with E-state index < -0.39 is 10.0 Å². The van der Waals surface area contributed by atoms with Crippen LogP contribution in [0.25, 0.3) is 0 Å². The molecule has 0 bridgehead atoms. The zero-order valence-electron chi connectivity index (χ0n) is 10.6. The van der Waals surface area contributed by atoms with E-state index in [4.69, 9.17) is 0 Å². The fourth-order valence-corrected chi connectivity index (χ4v) is 3.14. The predicted molar refractivity (Wildman–Crippen MR) is 73.2 cm³/mol.